The van der Waals surface area contributed by atoms with Gasteiger partial charge in [-0.05, 0) is 18.2 Å². The third kappa shape index (κ3) is 1.72. The summed E-state index contributed by atoms with van der Waals surface area (Å²) >= 11 is 6.05. The van der Waals surface area contributed by atoms with Gasteiger partial charge in [-0.3, -0.25) is 4.98 Å². The quantitative estimate of drug-likeness (QED) is 0.693. The molecule has 3 rings (SSSR count). The normalized spacial score (nSPS) is 10.9. The Hall–Kier alpha value is -2.07. The summed E-state index contributed by atoms with van der Waals surface area (Å²) in [6.07, 6.45) is 3.23. The average molecular weight is 246 g/mol. The molecule has 2 aromatic heterocycles. The highest BCUT2D eigenvalue weighted by molar-refractivity contribution is 6.33. The number of aromatic amines is 1. The highest BCUT2D eigenvalue weighted by atomic mass is 35.5. The number of imidazole rings is 1. The van der Waals surface area contributed by atoms with E-state index < -0.39 is 0 Å². The lowest BCUT2D eigenvalue weighted by Crippen LogP contribution is -1.82. The first-order valence-corrected chi connectivity index (χ1v) is 5.40. The summed E-state index contributed by atoms with van der Waals surface area (Å²) in [6, 6.07) is 6.77. The first-order valence-electron chi connectivity index (χ1n) is 5.02. The van der Waals surface area contributed by atoms with Crippen molar-refractivity contribution >= 4 is 22.6 Å². The molecule has 0 spiro atoms. The van der Waals surface area contributed by atoms with Crippen LogP contribution in [0.25, 0.3) is 22.4 Å². The molecule has 3 aromatic rings. The molecule has 4 nitrogen and oxygen atoms in total. The Morgan fingerprint density at radius 3 is 2.94 bits per heavy atom. The minimum Gasteiger partial charge on any atom is -0.508 e. The van der Waals surface area contributed by atoms with Gasteiger partial charge in [0.15, 0.2) is 0 Å². The molecule has 0 fully saturated rings. The van der Waals surface area contributed by atoms with Crippen molar-refractivity contribution in [2.24, 2.45) is 0 Å². The Balaban J connectivity index is 2.22. The molecule has 2 N–H and O–H groups in total. The molecule has 0 radical (unpaired) electrons. The van der Waals surface area contributed by atoms with Gasteiger partial charge in [0.05, 0.1) is 16.1 Å². The van der Waals surface area contributed by atoms with Crippen LogP contribution in [0, 0.1) is 0 Å². The second-order valence-corrected chi connectivity index (χ2v) is 4.05. The van der Waals surface area contributed by atoms with E-state index in [1.807, 2.05) is 0 Å². The minimum atomic E-state index is 0.202. The predicted molar refractivity (Wildman–Crippen MR) is 66.0 cm³/mol. The van der Waals surface area contributed by atoms with E-state index in [1.54, 1.807) is 36.7 Å². The molecule has 1 aromatic carbocycles. The number of pyridine rings is 1. The molecule has 0 bridgehead atoms. The molecule has 84 valence electrons. The largest absolute Gasteiger partial charge is 0.508 e. The number of benzene rings is 1. The third-order valence-electron chi connectivity index (χ3n) is 2.49. The molecule has 0 atom stereocenters. The number of halogens is 1. The highest BCUT2D eigenvalue weighted by Gasteiger charge is 2.08. The summed E-state index contributed by atoms with van der Waals surface area (Å²) in [5.74, 6) is 0.867. The molecule has 5 heteroatoms. The number of hydrogen-bond donors (Lipinski definition) is 2. The van der Waals surface area contributed by atoms with Crippen molar-refractivity contribution in [3.8, 4) is 17.1 Å². The Bertz CT molecular complexity index is 693. The second kappa shape index (κ2) is 3.75. The van der Waals surface area contributed by atoms with Crippen molar-refractivity contribution in [2.45, 2.75) is 0 Å². The van der Waals surface area contributed by atoms with Crippen LogP contribution in [0.5, 0.6) is 5.75 Å². The van der Waals surface area contributed by atoms with Crippen LogP contribution in [0.4, 0.5) is 0 Å². The lowest BCUT2D eigenvalue weighted by molar-refractivity contribution is 0.476. The maximum absolute atomic E-state index is 9.38. The summed E-state index contributed by atoms with van der Waals surface area (Å²) < 4.78 is 0. The number of nitrogens with one attached hydrogen (secondary N) is 1. The maximum atomic E-state index is 9.38. The van der Waals surface area contributed by atoms with Crippen molar-refractivity contribution in [3.63, 3.8) is 0 Å². The van der Waals surface area contributed by atoms with Gasteiger partial charge in [0.25, 0.3) is 0 Å². The van der Waals surface area contributed by atoms with Crippen LogP contribution in [-0.2, 0) is 0 Å². The van der Waals surface area contributed by atoms with Gasteiger partial charge in [-0.15, -0.1) is 0 Å². The smallest absolute Gasteiger partial charge is 0.140 e. The van der Waals surface area contributed by atoms with Gasteiger partial charge < -0.3 is 10.1 Å². The van der Waals surface area contributed by atoms with Crippen molar-refractivity contribution in [3.05, 3.63) is 41.7 Å². The molecule has 0 aliphatic heterocycles. The van der Waals surface area contributed by atoms with E-state index >= 15 is 0 Å². The van der Waals surface area contributed by atoms with Gasteiger partial charge in [-0.1, -0.05) is 11.6 Å². The van der Waals surface area contributed by atoms with Gasteiger partial charge in [-0.2, -0.15) is 0 Å². The van der Waals surface area contributed by atoms with Gasteiger partial charge in [0, 0.05) is 24.0 Å². The zero-order valence-corrected chi connectivity index (χ0v) is 9.44. The standard InChI is InChI=1S/C12H8ClN3O/c13-9-6-14-4-3-8(9)12-15-10-2-1-7(17)5-11(10)16-12/h1-6,17H,(H,15,16). The summed E-state index contributed by atoms with van der Waals surface area (Å²) in [4.78, 5) is 11.4. The summed E-state index contributed by atoms with van der Waals surface area (Å²) in [7, 11) is 0. The second-order valence-electron chi connectivity index (χ2n) is 3.64. The Morgan fingerprint density at radius 2 is 2.12 bits per heavy atom. The number of phenols is 1. The van der Waals surface area contributed by atoms with E-state index in [9.17, 15) is 5.11 Å². The number of hydrogen-bond acceptors (Lipinski definition) is 3. The van der Waals surface area contributed by atoms with Crippen LogP contribution in [0.3, 0.4) is 0 Å². The predicted octanol–water partition coefficient (Wildman–Crippen LogP) is 2.98. The highest BCUT2D eigenvalue weighted by Crippen LogP contribution is 2.27. The van der Waals surface area contributed by atoms with Crippen LogP contribution in [0.2, 0.25) is 5.02 Å². The Kier molecular flexibility index (Phi) is 2.23. The minimum absolute atomic E-state index is 0.202. The molecule has 0 saturated heterocycles. The topological polar surface area (TPSA) is 61.8 Å². The number of H-pyrrole nitrogens is 1. The molecule has 0 amide bonds. The zero-order valence-electron chi connectivity index (χ0n) is 8.68. The number of nitrogens with zero attached hydrogens (tertiary/aromatic N) is 2. The zero-order chi connectivity index (χ0) is 11.8. The molecule has 0 saturated carbocycles. The van der Waals surface area contributed by atoms with Crippen LogP contribution in [-0.4, -0.2) is 20.1 Å². The Labute approximate surface area is 102 Å². The molecule has 17 heavy (non-hydrogen) atoms. The lowest BCUT2D eigenvalue weighted by Gasteiger charge is -1.97. The van der Waals surface area contributed by atoms with Crippen LogP contribution in [0.15, 0.2) is 36.7 Å². The lowest BCUT2D eigenvalue weighted by atomic mass is 10.2. The molecule has 0 aliphatic rings. The molecular formula is C12H8ClN3O. The average Bonchev–Trinajstić information content (AvgIpc) is 2.72. The third-order valence-corrected chi connectivity index (χ3v) is 2.79. The molecule has 2 heterocycles. The van der Waals surface area contributed by atoms with Crippen molar-refractivity contribution in [1.29, 1.82) is 0 Å². The van der Waals surface area contributed by atoms with Crippen LogP contribution < -0.4 is 0 Å². The van der Waals surface area contributed by atoms with Gasteiger partial charge in [-0.25, -0.2) is 4.98 Å². The molecule has 0 unspecified atom stereocenters. The van der Waals surface area contributed by atoms with Crippen molar-refractivity contribution in [2.75, 3.05) is 0 Å². The van der Waals surface area contributed by atoms with E-state index in [2.05, 4.69) is 15.0 Å². The maximum Gasteiger partial charge on any atom is 0.140 e. The first kappa shape index (κ1) is 10.1. The number of aromatic hydroxyl groups is 1. The number of phenolic OH excluding ortho intramolecular Hbond substituents is 1. The van der Waals surface area contributed by atoms with Gasteiger partial charge >= 0.3 is 0 Å². The van der Waals surface area contributed by atoms with E-state index in [0.29, 0.717) is 10.8 Å². The summed E-state index contributed by atoms with van der Waals surface area (Å²) in [5.41, 5.74) is 2.34. The van der Waals surface area contributed by atoms with E-state index in [0.717, 1.165) is 16.6 Å². The van der Waals surface area contributed by atoms with Crippen LogP contribution >= 0.6 is 11.6 Å². The fraction of sp³-hybridized carbons (Fsp3) is 0. The summed E-state index contributed by atoms with van der Waals surface area (Å²) in [5, 5.41) is 9.92. The van der Waals surface area contributed by atoms with E-state index in [1.165, 1.54) is 0 Å². The van der Waals surface area contributed by atoms with Crippen LogP contribution in [0.1, 0.15) is 0 Å². The molecule has 0 aliphatic carbocycles. The number of aromatic nitrogens is 3. The molecular weight excluding hydrogens is 238 g/mol. The fourth-order valence-electron chi connectivity index (χ4n) is 1.69. The monoisotopic (exact) mass is 245 g/mol. The van der Waals surface area contributed by atoms with E-state index in [4.69, 9.17) is 11.6 Å². The van der Waals surface area contributed by atoms with Crippen molar-refractivity contribution in [1.82, 2.24) is 15.0 Å². The number of fused-ring (bicyclic) bond motifs is 1. The van der Waals surface area contributed by atoms with Crippen molar-refractivity contribution < 1.29 is 5.11 Å². The Morgan fingerprint density at radius 1 is 1.24 bits per heavy atom. The first-order chi connectivity index (χ1) is 8.24. The fourth-order valence-corrected chi connectivity index (χ4v) is 1.90. The van der Waals surface area contributed by atoms with E-state index in [-0.39, 0.29) is 5.75 Å². The number of rotatable bonds is 1. The summed E-state index contributed by atoms with van der Waals surface area (Å²) in [6.45, 7) is 0. The SMILES string of the molecule is Oc1ccc2nc(-c3ccncc3Cl)[nH]c2c1. The van der Waals surface area contributed by atoms with Gasteiger partial charge in [0.1, 0.15) is 11.6 Å². The van der Waals surface area contributed by atoms with Gasteiger partial charge in [0.2, 0.25) is 0 Å².